The second-order valence-electron chi connectivity index (χ2n) is 4.77. The average molecular weight is 220 g/mol. The van der Waals surface area contributed by atoms with Crippen LogP contribution in [0.3, 0.4) is 0 Å². The third-order valence-corrected chi connectivity index (χ3v) is 3.50. The molecule has 1 fully saturated rings. The summed E-state index contributed by atoms with van der Waals surface area (Å²) in [5, 5.41) is 9.55. The van der Waals surface area contributed by atoms with Gasteiger partial charge in [-0.2, -0.15) is 0 Å². The zero-order chi connectivity index (χ0) is 11.5. The minimum atomic E-state index is -0.181. The fraction of sp³-hybridized carbons (Fsp3) is 0.615. The molecule has 88 valence electrons. The average Bonchev–Trinajstić information content (AvgIpc) is 2.70. The van der Waals surface area contributed by atoms with Crippen molar-refractivity contribution in [1.82, 2.24) is 9.88 Å². The van der Waals surface area contributed by atoms with Gasteiger partial charge in [0.1, 0.15) is 0 Å². The summed E-state index contributed by atoms with van der Waals surface area (Å²) in [6, 6.07) is 4.13. The Morgan fingerprint density at radius 3 is 3.06 bits per heavy atom. The fourth-order valence-electron chi connectivity index (χ4n) is 2.33. The second kappa shape index (κ2) is 4.93. The van der Waals surface area contributed by atoms with Gasteiger partial charge in [0.2, 0.25) is 0 Å². The summed E-state index contributed by atoms with van der Waals surface area (Å²) in [6.45, 7) is 7.00. The predicted molar refractivity (Wildman–Crippen MR) is 64.0 cm³/mol. The topological polar surface area (TPSA) is 36.4 Å². The van der Waals surface area contributed by atoms with Gasteiger partial charge in [-0.15, -0.1) is 0 Å². The maximum Gasteiger partial charge on any atom is 0.0552 e. The SMILES string of the molecule is Cc1ncccc1CN1CCC(C(C)O)C1. The summed E-state index contributed by atoms with van der Waals surface area (Å²) < 4.78 is 0. The first-order valence-corrected chi connectivity index (χ1v) is 5.97. The van der Waals surface area contributed by atoms with E-state index in [0.29, 0.717) is 5.92 Å². The van der Waals surface area contributed by atoms with E-state index in [1.54, 1.807) is 0 Å². The highest BCUT2D eigenvalue weighted by atomic mass is 16.3. The van der Waals surface area contributed by atoms with Gasteiger partial charge in [-0.25, -0.2) is 0 Å². The molecule has 1 aromatic heterocycles. The summed E-state index contributed by atoms with van der Waals surface area (Å²) >= 11 is 0. The van der Waals surface area contributed by atoms with Gasteiger partial charge in [0.25, 0.3) is 0 Å². The molecule has 1 aliphatic rings. The van der Waals surface area contributed by atoms with Crippen LogP contribution in [0.5, 0.6) is 0 Å². The van der Waals surface area contributed by atoms with Gasteiger partial charge in [-0.1, -0.05) is 6.07 Å². The molecule has 1 saturated heterocycles. The van der Waals surface area contributed by atoms with Crippen molar-refractivity contribution in [2.75, 3.05) is 13.1 Å². The number of nitrogens with zero attached hydrogens (tertiary/aromatic N) is 2. The van der Waals surface area contributed by atoms with E-state index in [4.69, 9.17) is 0 Å². The first-order chi connectivity index (χ1) is 7.66. The highest BCUT2D eigenvalue weighted by Crippen LogP contribution is 2.21. The zero-order valence-corrected chi connectivity index (χ0v) is 10.1. The van der Waals surface area contributed by atoms with Gasteiger partial charge in [0.05, 0.1) is 6.10 Å². The summed E-state index contributed by atoms with van der Waals surface area (Å²) in [5.74, 6) is 0.442. The van der Waals surface area contributed by atoms with Crippen LogP contribution in [0, 0.1) is 12.8 Å². The number of aliphatic hydroxyl groups is 1. The van der Waals surface area contributed by atoms with E-state index in [0.717, 1.165) is 31.7 Å². The number of hydrogen-bond donors (Lipinski definition) is 1. The molecule has 0 amide bonds. The molecule has 16 heavy (non-hydrogen) atoms. The summed E-state index contributed by atoms with van der Waals surface area (Å²) in [7, 11) is 0. The Balaban J connectivity index is 1.95. The Kier molecular flexibility index (Phi) is 3.56. The maximum absolute atomic E-state index is 9.55. The van der Waals surface area contributed by atoms with Crippen LogP contribution >= 0.6 is 0 Å². The molecule has 2 heterocycles. The number of hydrogen-bond acceptors (Lipinski definition) is 3. The van der Waals surface area contributed by atoms with E-state index in [-0.39, 0.29) is 6.10 Å². The van der Waals surface area contributed by atoms with Crippen molar-refractivity contribution in [3.05, 3.63) is 29.6 Å². The summed E-state index contributed by atoms with van der Waals surface area (Å²) in [5.41, 5.74) is 2.41. The summed E-state index contributed by atoms with van der Waals surface area (Å²) in [6.07, 6.45) is 2.76. The molecule has 2 atom stereocenters. The van der Waals surface area contributed by atoms with Crippen molar-refractivity contribution in [1.29, 1.82) is 0 Å². The molecule has 0 radical (unpaired) electrons. The fourth-order valence-corrected chi connectivity index (χ4v) is 2.33. The van der Waals surface area contributed by atoms with Crippen LogP contribution in [0.25, 0.3) is 0 Å². The number of rotatable bonds is 3. The third kappa shape index (κ3) is 2.60. The molecule has 0 bridgehead atoms. The van der Waals surface area contributed by atoms with Gasteiger partial charge in [-0.3, -0.25) is 9.88 Å². The predicted octanol–water partition coefficient (Wildman–Crippen LogP) is 1.59. The largest absolute Gasteiger partial charge is 0.393 e. The minimum Gasteiger partial charge on any atom is -0.393 e. The first-order valence-electron chi connectivity index (χ1n) is 5.97. The molecule has 0 aliphatic carbocycles. The molecule has 1 aromatic rings. The lowest BCUT2D eigenvalue weighted by Gasteiger charge is -2.18. The van der Waals surface area contributed by atoms with Gasteiger partial charge in [0.15, 0.2) is 0 Å². The monoisotopic (exact) mass is 220 g/mol. The van der Waals surface area contributed by atoms with E-state index in [1.165, 1.54) is 5.56 Å². The molecule has 2 rings (SSSR count). The van der Waals surface area contributed by atoms with E-state index in [9.17, 15) is 5.11 Å². The van der Waals surface area contributed by atoms with E-state index < -0.39 is 0 Å². The normalized spacial score (nSPS) is 23.6. The van der Waals surface area contributed by atoms with E-state index in [2.05, 4.69) is 22.9 Å². The number of aliphatic hydroxyl groups excluding tert-OH is 1. The lowest BCUT2D eigenvalue weighted by Crippen LogP contribution is -2.24. The minimum absolute atomic E-state index is 0.181. The van der Waals surface area contributed by atoms with Gasteiger partial charge in [-0.05, 0) is 44.4 Å². The van der Waals surface area contributed by atoms with E-state index >= 15 is 0 Å². The van der Waals surface area contributed by atoms with Crippen LogP contribution in [0.2, 0.25) is 0 Å². The summed E-state index contributed by atoms with van der Waals surface area (Å²) in [4.78, 5) is 6.70. The molecule has 2 unspecified atom stereocenters. The molecule has 3 nitrogen and oxygen atoms in total. The molecule has 0 aromatic carbocycles. The van der Waals surface area contributed by atoms with Gasteiger partial charge >= 0.3 is 0 Å². The van der Waals surface area contributed by atoms with Crippen molar-refractivity contribution in [2.45, 2.75) is 32.9 Å². The Hall–Kier alpha value is -0.930. The Morgan fingerprint density at radius 1 is 1.62 bits per heavy atom. The van der Waals surface area contributed by atoms with Crippen LogP contribution < -0.4 is 0 Å². The smallest absolute Gasteiger partial charge is 0.0552 e. The van der Waals surface area contributed by atoms with Crippen LogP contribution in [0.15, 0.2) is 18.3 Å². The van der Waals surface area contributed by atoms with Crippen LogP contribution in [-0.4, -0.2) is 34.2 Å². The Morgan fingerprint density at radius 2 is 2.44 bits per heavy atom. The molecule has 1 aliphatic heterocycles. The highest BCUT2D eigenvalue weighted by molar-refractivity contribution is 5.18. The zero-order valence-electron chi connectivity index (χ0n) is 10.1. The number of aryl methyl sites for hydroxylation is 1. The van der Waals surface area contributed by atoms with Crippen molar-refractivity contribution >= 4 is 0 Å². The van der Waals surface area contributed by atoms with Crippen LogP contribution in [-0.2, 0) is 6.54 Å². The van der Waals surface area contributed by atoms with Crippen molar-refractivity contribution in [2.24, 2.45) is 5.92 Å². The molecule has 0 saturated carbocycles. The third-order valence-electron chi connectivity index (χ3n) is 3.50. The van der Waals surface area contributed by atoms with Crippen LogP contribution in [0.4, 0.5) is 0 Å². The quantitative estimate of drug-likeness (QED) is 0.840. The Bertz CT molecular complexity index is 352. The van der Waals surface area contributed by atoms with Crippen molar-refractivity contribution < 1.29 is 5.11 Å². The number of pyridine rings is 1. The van der Waals surface area contributed by atoms with Gasteiger partial charge < -0.3 is 5.11 Å². The van der Waals surface area contributed by atoms with Crippen molar-refractivity contribution in [3.63, 3.8) is 0 Å². The lowest BCUT2D eigenvalue weighted by atomic mass is 10.0. The maximum atomic E-state index is 9.55. The standard InChI is InChI=1S/C13H20N2O/c1-10-12(4-3-6-14-10)8-15-7-5-13(9-15)11(2)16/h3-4,6,11,13,16H,5,7-9H2,1-2H3. The number of aromatic nitrogens is 1. The first kappa shape index (κ1) is 11.6. The lowest BCUT2D eigenvalue weighted by molar-refractivity contribution is 0.127. The van der Waals surface area contributed by atoms with E-state index in [1.807, 2.05) is 19.2 Å². The Labute approximate surface area is 97.1 Å². The van der Waals surface area contributed by atoms with Crippen LogP contribution in [0.1, 0.15) is 24.6 Å². The second-order valence-corrected chi connectivity index (χ2v) is 4.77. The molecule has 0 spiro atoms. The number of likely N-dealkylation sites (tertiary alicyclic amines) is 1. The molecule has 1 N–H and O–H groups in total. The highest BCUT2D eigenvalue weighted by Gasteiger charge is 2.25. The van der Waals surface area contributed by atoms with Gasteiger partial charge in [0, 0.05) is 25.0 Å². The molecular formula is C13H20N2O. The molecular weight excluding hydrogens is 200 g/mol. The molecule has 3 heteroatoms. The van der Waals surface area contributed by atoms with Crippen molar-refractivity contribution in [3.8, 4) is 0 Å².